The van der Waals surface area contributed by atoms with E-state index in [1.807, 2.05) is 0 Å². The first-order valence-corrected chi connectivity index (χ1v) is 4.58. The Hall–Kier alpha value is -0.570. The summed E-state index contributed by atoms with van der Waals surface area (Å²) in [5, 5.41) is 12.1. The monoisotopic (exact) mass is 169 g/mol. The molecule has 1 aliphatic carbocycles. The van der Waals surface area contributed by atoms with Crippen LogP contribution in [-0.2, 0) is 4.79 Å². The van der Waals surface area contributed by atoms with Gasteiger partial charge >= 0.3 is 5.97 Å². The molecule has 12 heavy (non-hydrogen) atoms. The zero-order chi connectivity index (χ0) is 8.77. The summed E-state index contributed by atoms with van der Waals surface area (Å²) in [5.74, 6) is -0.0783. The molecule has 3 nitrogen and oxygen atoms in total. The van der Waals surface area contributed by atoms with Gasteiger partial charge in [-0.2, -0.15) is 0 Å². The standard InChI is InChI=1S/C9H15NO2/c1-9(4-7(9)8(11)12)6-2-3-10-5-6/h6-7,10H,2-5H2,1H3,(H,11,12). The van der Waals surface area contributed by atoms with E-state index in [0.29, 0.717) is 5.92 Å². The van der Waals surface area contributed by atoms with Crippen molar-refractivity contribution in [3.05, 3.63) is 0 Å². The summed E-state index contributed by atoms with van der Waals surface area (Å²) >= 11 is 0. The van der Waals surface area contributed by atoms with E-state index >= 15 is 0 Å². The summed E-state index contributed by atoms with van der Waals surface area (Å²) in [6.45, 7) is 4.19. The average Bonchev–Trinajstić information content (AvgIpc) is 2.52. The third kappa shape index (κ3) is 1.04. The van der Waals surface area contributed by atoms with Crippen molar-refractivity contribution in [2.24, 2.45) is 17.3 Å². The Bertz CT molecular complexity index is 211. The molecular weight excluding hydrogens is 154 g/mol. The molecule has 2 aliphatic rings. The van der Waals surface area contributed by atoms with Gasteiger partial charge in [0, 0.05) is 0 Å². The van der Waals surface area contributed by atoms with Crippen molar-refractivity contribution in [2.75, 3.05) is 13.1 Å². The second-order valence-corrected chi connectivity index (χ2v) is 4.29. The van der Waals surface area contributed by atoms with Gasteiger partial charge in [-0.1, -0.05) is 6.92 Å². The van der Waals surface area contributed by atoms with Crippen LogP contribution in [0.4, 0.5) is 0 Å². The van der Waals surface area contributed by atoms with Crippen molar-refractivity contribution in [1.82, 2.24) is 5.32 Å². The highest BCUT2D eigenvalue weighted by molar-refractivity contribution is 5.74. The zero-order valence-electron chi connectivity index (χ0n) is 7.34. The van der Waals surface area contributed by atoms with Crippen LogP contribution in [0, 0.1) is 17.3 Å². The summed E-state index contributed by atoms with van der Waals surface area (Å²) in [6, 6.07) is 0. The molecule has 2 fully saturated rings. The minimum atomic E-state index is -0.607. The van der Waals surface area contributed by atoms with Gasteiger partial charge in [-0.15, -0.1) is 0 Å². The molecule has 68 valence electrons. The Morgan fingerprint density at radius 3 is 2.83 bits per heavy atom. The van der Waals surface area contributed by atoms with Gasteiger partial charge in [0.1, 0.15) is 0 Å². The number of carboxylic acids is 1. The van der Waals surface area contributed by atoms with E-state index in [2.05, 4.69) is 12.2 Å². The topological polar surface area (TPSA) is 49.3 Å². The van der Waals surface area contributed by atoms with Crippen LogP contribution < -0.4 is 5.32 Å². The van der Waals surface area contributed by atoms with Crippen LogP contribution in [0.25, 0.3) is 0 Å². The lowest BCUT2D eigenvalue weighted by atomic mass is 9.88. The minimum Gasteiger partial charge on any atom is -0.481 e. The highest BCUT2D eigenvalue weighted by Crippen LogP contribution is 2.58. The van der Waals surface area contributed by atoms with E-state index in [0.717, 1.165) is 25.9 Å². The van der Waals surface area contributed by atoms with Gasteiger partial charge < -0.3 is 10.4 Å². The first-order valence-electron chi connectivity index (χ1n) is 4.58. The zero-order valence-corrected chi connectivity index (χ0v) is 7.34. The quantitative estimate of drug-likeness (QED) is 0.640. The minimum absolute atomic E-state index is 0.0672. The fraction of sp³-hybridized carbons (Fsp3) is 0.889. The number of nitrogens with one attached hydrogen (secondary N) is 1. The Labute approximate surface area is 72.2 Å². The van der Waals surface area contributed by atoms with Gasteiger partial charge in [0.15, 0.2) is 0 Å². The summed E-state index contributed by atoms with van der Waals surface area (Å²) in [7, 11) is 0. The van der Waals surface area contributed by atoms with E-state index in [1.54, 1.807) is 0 Å². The van der Waals surface area contributed by atoms with E-state index in [1.165, 1.54) is 0 Å². The van der Waals surface area contributed by atoms with Gasteiger partial charge in [-0.25, -0.2) is 0 Å². The second-order valence-electron chi connectivity index (χ2n) is 4.29. The van der Waals surface area contributed by atoms with Crippen LogP contribution in [-0.4, -0.2) is 24.2 Å². The lowest BCUT2D eigenvalue weighted by molar-refractivity contribution is -0.139. The highest BCUT2D eigenvalue weighted by Gasteiger charge is 2.59. The van der Waals surface area contributed by atoms with Crippen molar-refractivity contribution in [2.45, 2.75) is 19.8 Å². The second kappa shape index (κ2) is 2.46. The molecule has 3 heteroatoms. The Kier molecular flexibility index (Phi) is 1.65. The molecule has 1 heterocycles. The summed E-state index contributed by atoms with van der Waals surface area (Å²) < 4.78 is 0. The third-order valence-electron chi connectivity index (χ3n) is 3.57. The molecule has 0 aromatic heterocycles. The summed E-state index contributed by atoms with van der Waals surface area (Å²) in [4.78, 5) is 10.7. The SMILES string of the molecule is CC1(C2CCNC2)CC1C(=O)O. The van der Waals surface area contributed by atoms with E-state index in [-0.39, 0.29) is 11.3 Å². The number of rotatable bonds is 2. The molecular formula is C9H15NO2. The molecule has 3 atom stereocenters. The summed E-state index contributed by atoms with van der Waals surface area (Å²) in [5.41, 5.74) is 0.106. The molecule has 2 N–H and O–H groups in total. The fourth-order valence-electron chi connectivity index (χ4n) is 2.42. The molecule has 1 aliphatic heterocycles. The van der Waals surface area contributed by atoms with E-state index in [4.69, 9.17) is 5.11 Å². The largest absolute Gasteiger partial charge is 0.481 e. The maximum Gasteiger partial charge on any atom is 0.307 e. The van der Waals surface area contributed by atoms with Crippen LogP contribution in [0.3, 0.4) is 0 Å². The fourth-order valence-corrected chi connectivity index (χ4v) is 2.42. The lowest BCUT2D eigenvalue weighted by Crippen LogP contribution is -2.20. The molecule has 0 spiro atoms. The maximum absolute atomic E-state index is 10.7. The Morgan fingerprint density at radius 1 is 1.67 bits per heavy atom. The number of hydrogen-bond acceptors (Lipinski definition) is 2. The van der Waals surface area contributed by atoms with Crippen LogP contribution >= 0.6 is 0 Å². The van der Waals surface area contributed by atoms with Crippen LogP contribution in [0.1, 0.15) is 19.8 Å². The van der Waals surface area contributed by atoms with Crippen molar-refractivity contribution < 1.29 is 9.90 Å². The van der Waals surface area contributed by atoms with Gasteiger partial charge in [0.2, 0.25) is 0 Å². The van der Waals surface area contributed by atoms with Crippen molar-refractivity contribution >= 4 is 5.97 Å². The molecule has 2 rings (SSSR count). The van der Waals surface area contributed by atoms with Crippen LogP contribution in [0.2, 0.25) is 0 Å². The van der Waals surface area contributed by atoms with Crippen molar-refractivity contribution in [3.8, 4) is 0 Å². The van der Waals surface area contributed by atoms with Gasteiger partial charge in [-0.3, -0.25) is 4.79 Å². The molecule has 0 aromatic carbocycles. The number of aliphatic carboxylic acids is 1. The molecule has 0 amide bonds. The molecule has 0 bridgehead atoms. The number of carboxylic acid groups (broad SMARTS) is 1. The molecule has 3 unspecified atom stereocenters. The third-order valence-corrected chi connectivity index (χ3v) is 3.57. The summed E-state index contributed by atoms with van der Waals surface area (Å²) in [6.07, 6.45) is 2.04. The van der Waals surface area contributed by atoms with E-state index < -0.39 is 5.97 Å². The highest BCUT2D eigenvalue weighted by atomic mass is 16.4. The number of hydrogen-bond donors (Lipinski definition) is 2. The van der Waals surface area contributed by atoms with Crippen molar-refractivity contribution in [3.63, 3.8) is 0 Å². The van der Waals surface area contributed by atoms with E-state index in [9.17, 15) is 4.79 Å². The first kappa shape index (κ1) is 8.05. The number of carbonyl (C=O) groups is 1. The first-order chi connectivity index (χ1) is 5.64. The Balaban J connectivity index is 2.00. The molecule has 0 aromatic rings. The van der Waals surface area contributed by atoms with Crippen LogP contribution in [0.15, 0.2) is 0 Å². The van der Waals surface area contributed by atoms with Gasteiger partial charge in [0.25, 0.3) is 0 Å². The average molecular weight is 169 g/mol. The van der Waals surface area contributed by atoms with Crippen molar-refractivity contribution in [1.29, 1.82) is 0 Å². The smallest absolute Gasteiger partial charge is 0.307 e. The van der Waals surface area contributed by atoms with Gasteiger partial charge in [0.05, 0.1) is 5.92 Å². The predicted molar refractivity (Wildman–Crippen MR) is 44.8 cm³/mol. The maximum atomic E-state index is 10.7. The normalized spacial score (nSPS) is 46.1. The molecule has 1 saturated carbocycles. The van der Waals surface area contributed by atoms with Crippen LogP contribution in [0.5, 0.6) is 0 Å². The lowest BCUT2D eigenvalue weighted by Gasteiger charge is -2.16. The van der Waals surface area contributed by atoms with Gasteiger partial charge in [-0.05, 0) is 37.3 Å². The molecule has 0 radical (unpaired) electrons. The Morgan fingerprint density at radius 2 is 2.42 bits per heavy atom. The predicted octanol–water partition coefficient (Wildman–Crippen LogP) is 0.707. The molecule has 1 saturated heterocycles.